The van der Waals surface area contributed by atoms with Crippen LogP contribution in [0.3, 0.4) is 0 Å². The van der Waals surface area contributed by atoms with E-state index in [1.807, 2.05) is 6.92 Å². The molecule has 0 aliphatic heterocycles. The first kappa shape index (κ1) is 14.2. The lowest BCUT2D eigenvalue weighted by Gasteiger charge is -2.20. The molecule has 1 N–H and O–H groups in total. The van der Waals surface area contributed by atoms with E-state index in [2.05, 4.69) is 0 Å². The molecule has 1 aromatic carbocycles. The van der Waals surface area contributed by atoms with Gasteiger partial charge in [-0.2, -0.15) is 0 Å². The van der Waals surface area contributed by atoms with Crippen LogP contribution in [-0.4, -0.2) is 35.0 Å². The number of hydrogen-bond acceptors (Lipinski definition) is 2. The average Bonchev–Trinajstić information content (AvgIpc) is 2.30. The van der Waals surface area contributed by atoms with Crippen molar-refractivity contribution in [3.05, 3.63) is 35.1 Å². The Morgan fingerprint density at radius 1 is 1.39 bits per heavy atom. The van der Waals surface area contributed by atoms with Crippen LogP contribution < -0.4 is 0 Å². The third-order valence-corrected chi connectivity index (χ3v) is 2.46. The van der Waals surface area contributed by atoms with Crippen molar-refractivity contribution < 1.29 is 19.1 Å². The Labute approximate surface area is 105 Å². The highest BCUT2D eigenvalue weighted by Crippen LogP contribution is 2.13. The molecule has 0 spiro atoms. The summed E-state index contributed by atoms with van der Waals surface area (Å²) in [4.78, 5) is 23.9. The number of aliphatic carboxylic acids is 1. The third kappa shape index (κ3) is 3.55. The van der Waals surface area contributed by atoms with Gasteiger partial charge in [-0.3, -0.25) is 9.59 Å². The number of carbonyl (C=O) groups is 2. The highest BCUT2D eigenvalue weighted by Gasteiger charge is 2.20. The second-order valence-corrected chi connectivity index (χ2v) is 4.10. The molecule has 0 aromatic heterocycles. The van der Waals surface area contributed by atoms with Gasteiger partial charge in [0.15, 0.2) is 0 Å². The van der Waals surface area contributed by atoms with Gasteiger partial charge in [-0.1, -0.05) is 18.6 Å². The van der Waals surface area contributed by atoms with Crippen LogP contribution in [0.4, 0.5) is 4.39 Å². The van der Waals surface area contributed by atoms with E-state index >= 15 is 0 Å². The quantitative estimate of drug-likeness (QED) is 0.874. The highest BCUT2D eigenvalue weighted by atomic mass is 19.1. The summed E-state index contributed by atoms with van der Waals surface area (Å²) in [5.74, 6) is -2.32. The van der Waals surface area contributed by atoms with Gasteiger partial charge in [-0.05, 0) is 25.5 Å². The van der Waals surface area contributed by atoms with Crippen LogP contribution in [0, 0.1) is 12.7 Å². The number of carboxylic acid groups (broad SMARTS) is 1. The van der Waals surface area contributed by atoms with Gasteiger partial charge >= 0.3 is 5.97 Å². The molecule has 0 saturated heterocycles. The van der Waals surface area contributed by atoms with E-state index in [0.717, 1.165) is 10.5 Å². The monoisotopic (exact) mass is 253 g/mol. The number of hydrogen-bond donors (Lipinski definition) is 1. The molecule has 0 bridgehead atoms. The Morgan fingerprint density at radius 2 is 2.06 bits per heavy atom. The van der Waals surface area contributed by atoms with Crippen molar-refractivity contribution in [1.82, 2.24) is 4.90 Å². The van der Waals surface area contributed by atoms with Crippen LogP contribution in [0.2, 0.25) is 0 Å². The molecule has 0 saturated carbocycles. The average molecular weight is 253 g/mol. The van der Waals surface area contributed by atoms with E-state index in [4.69, 9.17) is 5.11 Å². The van der Waals surface area contributed by atoms with Crippen LogP contribution in [0.15, 0.2) is 18.2 Å². The molecule has 4 nitrogen and oxygen atoms in total. The molecule has 1 aromatic rings. The largest absolute Gasteiger partial charge is 0.480 e. The number of halogens is 1. The minimum atomic E-state index is -1.11. The van der Waals surface area contributed by atoms with Crippen molar-refractivity contribution in [3.63, 3.8) is 0 Å². The Hall–Kier alpha value is -1.91. The van der Waals surface area contributed by atoms with Crippen molar-refractivity contribution in [2.45, 2.75) is 20.3 Å². The molecule has 0 atom stereocenters. The van der Waals surface area contributed by atoms with Crippen LogP contribution in [-0.2, 0) is 4.79 Å². The fourth-order valence-corrected chi connectivity index (χ4v) is 1.66. The predicted octanol–water partition coefficient (Wildman–Crippen LogP) is 2.07. The van der Waals surface area contributed by atoms with Crippen LogP contribution in [0.1, 0.15) is 29.3 Å². The second kappa shape index (κ2) is 6.14. The summed E-state index contributed by atoms with van der Waals surface area (Å²) in [5, 5.41) is 8.74. The zero-order chi connectivity index (χ0) is 13.7. The fourth-order valence-electron chi connectivity index (χ4n) is 1.66. The van der Waals surface area contributed by atoms with Gasteiger partial charge in [0.25, 0.3) is 5.91 Å². The summed E-state index contributed by atoms with van der Waals surface area (Å²) in [6.45, 7) is 3.45. The number of carboxylic acids is 1. The molecule has 1 amide bonds. The number of aryl methyl sites for hydroxylation is 1. The molecule has 0 heterocycles. The summed E-state index contributed by atoms with van der Waals surface area (Å²) < 4.78 is 13.6. The number of amides is 1. The molecule has 0 fully saturated rings. The number of benzene rings is 1. The van der Waals surface area contributed by atoms with E-state index in [1.165, 1.54) is 12.1 Å². The van der Waals surface area contributed by atoms with Crippen LogP contribution >= 0.6 is 0 Å². The second-order valence-electron chi connectivity index (χ2n) is 4.10. The molecule has 0 unspecified atom stereocenters. The van der Waals surface area contributed by atoms with E-state index in [0.29, 0.717) is 13.0 Å². The van der Waals surface area contributed by atoms with Gasteiger partial charge < -0.3 is 10.0 Å². The first-order valence-electron chi connectivity index (χ1n) is 5.73. The van der Waals surface area contributed by atoms with Gasteiger partial charge in [0.1, 0.15) is 12.4 Å². The van der Waals surface area contributed by atoms with Crippen molar-refractivity contribution in [1.29, 1.82) is 0 Å². The molecule has 5 heteroatoms. The lowest BCUT2D eigenvalue weighted by Crippen LogP contribution is -2.36. The first-order chi connectivity index (χ1) is 8.45. The number of carbonyl (C=O) groups excluding carboxylic acids is 1. The zero-order valence-corrected chi connectivity index (χ0v) is 10.4. The van der Waals surface area contributed by atoms with Gasteiger partial charge in [0.2, 0.25) is 0 Å². The summed E-state index contributed by atoms with van der Waals surface area (Å²) in [6.07, 6.45) is 0.618. The third-order valence-electron chi connectivity index (χ3n) is 2.46. The standard InChI is InChI=1S/C13H16FNO3/c1-3-6-15(8-12(16)17)13(18)10-7-9(2)4-5-11(10)14/h4-5,7H,3,6,8H2,1-2H3,(H,16,17). The predicted molar refractivity (Wildman–Crippen MR) is 65.0 cm³/mol. The molecule has 0 aliphatic rings. The van der Waals surface area contributed by atoms with E-state index in [-0.39, 0.29) is 5.56 Å². The van der Waals surface area contributed by atoms with E-state index < -0.39 is 24.2 Å². The summed E-state index contributed by atoms with van der Waals surface area (Å²) in [6, 6.07) is 4.21. The van der Waals surface area contributed by atoms with Crippen molar-refractivity contribution in [2.24, 2.45) is 0 Å². The number of rotatable bonds is 5. The Kier molecular flexibility index (Phi) is 4.83. The SMILES string of the molecule is CCCN(CC(=O)O)C(=O)c1cc(C)ccc1F. The van der Waals surface area contributed by atoms with Gasteiger partial charge in [0, 0.05) is 6.54 Å². The molecular weight excluding hydrogens is 237 g/mol. The van der Waals surface area contributed by atoms with Gasteiger partial charge in [-0.15, -0.1) is 0 Å². The maximum atomic E-state index is 13.6. The first-order valence-corrected chi connectivity index (χ1v) is 5.73. The minimum absolute atomic E-state index is 0.0790. The Balaban J connectivity index is 3.01. The molecule has 1 rings (SSSR count). The Morgan fingerprint density at radius 3 is 2.61 bits per heavy atom. The van der Waals surface area contributed by atoms with Crippen molar-refractivity contribution >= 4 is 11.9 Å². The lowest BCUT2D eigenvalue weighted by atomic mass is 10.1. The Bertz CT molecular complexity index is 460. The fraction of sp³-hybridized carbons (Fsp3) is 0.385. The molecule has 98 valence electrons. The highest BCUT2D eigenvalue weighted by molar-refractivity contribution is 5.96. The molecule has 0 aliphatic carbocycles. The number of nitrogens with zero attached hydrogens (tertiary/aromatic N) is 1. The lowest BCUT2D eigenvalue weighted by molar-refractivity contribution is -0.137. The summed E-state index contributed by atoms with van der Waals surface area (Å²) in [7, 11) is 0. The van der Waals surface area contributed by atoms with E-state index in [9.17, 15) is 14.0 Å². The maximum Gasteiger partial charge on any atom is 0.323 e. The zero-order valence-electron chi connectivity index (χ0n) is 10.4. The molecular formula is C13H16FNO3. The molecule has 18 heavy (non-hydrogen) atoms. The normalized spacial score (nSPS) is 10.2. The topological polar surface area (TPSA) is 57.6 Å². The summed E-state index contributed by atoms with van der Waals surface area (Å²) >= 11 is 0. The van der Waals surface area contributed by atoms with Crippen molar-refractivity contribution in [3.8, 4) is 0 Å². The van der Waals surface area contributed by atoms with Crippen LogP contribution in [0.5, 0.6) is 0 Å². The maximum absolute atomic E-state index is 13.6. The van der Waals surface area contributed by atoms with Crippen LogP contribution in [0.25, 0.3) is 0 Å². The smallest absolute Gasteiger partial charge is 0.323 e. The summed E-state index contributed by atoms with van der Waals surface area (Å²) in [5.41, 5.74) is 0.677. The van der Waals surface area contributed by atoms with Gasteiger partial charge in [0.05, 0.1) is 5.56 Å². The van der Waals surface area contributed by atoms with E-state index in [1.54, 1.807) is 13.0 Å². The minimum Gasteiger partial charge on any atom is -0.480 e. The van der Waals surface area contributed by atoms with Gasteiger partial charge in [-0.25, -0.2) is 4.39 Å². The molecule has 0 radical (unpaired) electrons. The van der Waals surface area contributed by atoms with Crippen molar-refractivity contribution in [2.75, 3.05) is 13.1 Å².